The predicted molar refractivity (Wildman–Crippen MR) is 422 cm³/mol. The summed E-state index contributed by atoms with van der Waals surface area (Å²) >= 11 is 0. The summed E-state index contributed by atoms with van der Waals surface area (Å²) in [5, 5.41) is 10.3. The van der Waals surface area contributed by atoms with Gasteiger partial charge in [-0.05, 0) is 367 Å². The fraction of sp³-hybridized carbons (Fsp3) is 0.320. The SMILES string of the molecule is C1=CC2=CC(C3CC=C(c4cc5cc(C6CC=C(C7C=CC8=C(C=CCC8)C7)C7=C6C=CCC7)cc6c7cc(C8=CCC(C9=CCC%10CCC=CC%10=C9)C9=C8CCC=C9)cc8c7c(c(c4)c56)CC(C4CC=C(C5C=CC6=C(C=CCC6)C5)C5=C4C=CCC5)C=8)C4=C3C=CCC4)=CCC2C=C1. The van der Waals surface area contributed by atoms with Gasteiger partial charge >= 0.3 is 0 Å². The third kappa shape index (κ3) is 10.0. The molecule has 492 valence electrons. The molecule has 100 heavy (non-hydrogen) atoms. The van der Waals surface area contributed by atoms with Crippen LogP contribution in [0.15, 0.2) is 319 Å². The van der Waals surface area contributed by atoms with E-state index in [9.17, 15) is 0 Å². The Morgan fingerprint density at radius 1 is 0.350 bits per heavy atom. The maximum absolute atomic E-state index is 2.85. The Morgan fingerprint density at radius 3 is 1.65 bits per heavy atom. The lowest BCUT2D eigenvalue weighted by atomic mass is 9.66. The molecule has 0 amide bonds. The van der Waals surface area contributed by atoms with Crippen LogP contribution in [0.25, 0.3) is 49.5 Å². The summed E-state index contributed by atoms with van der Waals surface area (Å²) in [5.74, 6) is 3.86. The molecule has 0 spiro atoms. The van der Waals surface area contributed by atoms with E-state index in [1.807, 2.05) is 0 Å². The molecule has 0 N–H and O–H groups in total. The maximum atomic E-state index is 2.85. The van der Waals surface area contributed by atoms with Gasteiger partial charge in [-0.1, -0.05) is 194 Å². The molecule has 0 heterocycles. The molecule has 9 atom stereocenters. The van der Waals surface area contributed by atoms with E-state index in [4.69, 9.17) is 0 Å². The van der Waals surface area contributed by atoms with Gasteiger partial charge in [-0.25, -0.2) is 0 Å². The van der Waals surface area contributed by atoms with Crippen LogP contribution in [0.3, 0.4) is 0 Å². The Hall–Kier alpha value is -8.84. The van der Waals surface area contributed by atoms with Gasteiger partial charge in [-0.2, -0.15) is 0 Å². The molecule has 0 aromatic heterocycles. The van der Waals surface area contributed by atoms with Crippen molar-refractivity contribution in [3.05, 3.63) is 346 Å². The molecule has 17 aliphatic carbocycles. The van der Waals surface area contributed by atoms with Gasteiger partial charge in [-0.15, -0.1) is 0 Å². The van der Waals surface area contributed by atoms with Crippen LogP contribution in [0.2, 0.25) is 0 Å². The minimum Gasteiger partial charge on any atom is -0.0842 e. The van der Waals surface area contributed by atoms with E-state index in [1.54, 1.807) is 94.7 Å². The van der Waals surface area contributed by atoms with Gasteiger partial charge in [0.1, 0.15) is 0 Å². The number of benzene rings is 4. The molecule has 21 rings (SSSR count). The van der Waals surface area contributed by atoms with Gasteiger partial charge in [0.15, 0.2) is 0 Å². The van der Waals surface area contributed by atoms with Crippen molar-refractivity contribution >= 4 is 49.5 Å². The maximum Gasteiger partial charge on any atom is 0.0127 e. The smallest absolute Gasteiger partial charge is 0.0127 e. The lowest BCUT2D eigenvalue weighted by molar-refractivity contribution is 0.466. The van der Waals surface area contributed by atoms with E-state index in [0.717, 1.165) is 103 Å². The predicted octanol–water partition coefficient (Wildman–Crippen LogP) is 25.2. The van der Waals surface area contributed by atoms with Crippen LogP contribution in [-0.4, -0.2) is 0 Å². The van der Waals surface area contributed by atoms with Crippen molar-refractivity contribution in [2.75, 3.05) is 0 Å². The summed E-state index contributed by atoms with van der Waals surface area (Å²) in [5.41, 5.74) is 37.3. The van der Waals surface area contributed by atoms with Gasteiger partial charge < -0.3 is 0 Å². The fourth-order valence-corrected chi connectivity index (χ4v) is 22.4. The average molecular weight is 1290 g/mol. The molecule has 17 aliphatic rings. The van der Waals surface area contributed by atoms with Crippen LogP contribution < -0.4 is 5.22 Å². The minimum atomic E-state index is 0.278. The summed E-state index contributed by atoms with van der Waals surface area (Å²) < 4.78 is 0. The van der Waals surface area contributed by atoms with Crippen LogP contribution in [0.5, 0.6) is 0 Å². The van der Waals surface area contributed by atoms with Crippen molar-refractivity contribution in [3.63, 3.8) is 0 Å². The van der Waals surface area contributed by atoms with Crippen molar-refractivity contribution in [3.8, 4) is 0 Å². The van der Waals surface area contributed by atoms with E-state index in [1.165, 1.54) is 121 Å². The summed E-state index contributed by atoms with van der Waals surface area (Å²) in [6.07, 6.45) is 104. The highest BCUT2D eigenvalue weighted by Gasteiger charge is 2.39. The van der Waals surface area contributed by atoms with Crippen molar-refractivity contribution in [1.82, 2.24) is 0 Å². The van der Waals surface area contributed by atoms with E-state index in [2.05, 4.69) is 225 Å². The highest BCUT2D eigenvalue weighted by Crippen LogP contribution is 2.55. The number of allylic oxidation sites excluding steroid dienone is 50. The normalized spacial score (nSPS) is 29.9. The Bertz CT molecular complexity index is 5270. The Labute approximate surface area is 593 Å². The van der Waals surface area contributed by atoms with E-state index < -0.39 is 0 Å². The van der Waals surface area contributed by atoms with E-state index >= 15 is 0 Å². The third-order valence-electron chi connectivity index (χ3n) is 27.2. The zero-order valence-corrected chi connectivity index (χ0v) is 58.3. The Kier molecular flexibility index (Phi) is 14.7. The van der Waals surface area contributed by atoms with Crippen LogP contribution in [0.4, 0.5) is 0 Å². The van der Waals surface area contributed by atoms with E-state index in [0.29, 0.717) is 47.3 Å². The molecule has 4 aromatic rings. The van der Waals surface area contributed by atoms with Crippen LogP contribution in [-0.2, 0) is 6.42 Å². The molecule has 9 unspecified atom stereocenters. The van der Waals surface area contributed by atoms with Crippen molar-refractivity contribution < 1.29 is 0 Å². The molecule has 0 heteroatoms. The number of fused-ring (bicyclic) bond motifs is 4. The zero-order valence-electron chi connectivity index (χ0n) is 58.3. The first-order valence-corrected chi connectivity index (χ1v) is 39.4. The largest absolute Gasteiger partial charge is 0.0842 e. The van der Waals surface area contributed by atoms with Crippen LogP contribution in [0, 0.1) is 47.3 Å². The second-order valence-corrected chi connectivity index (χ2v) is 32.5. The van der Waals surface area contributed by atoms with Gasteiger partial charge in [-0.3, -0.25) is 0 Å². The van der Waals surface area contributed by atoms with Crippen molar-refractivity contribution in [2.24, 2.45) is 47.3 Å². The van der Waals surface area contributed by atoms with E-state index in [-0.39, 0.29) is 5.92 Å². The number of rotatable bonds is 8. The zero-order chi connectivity index (χ0) is 65.5. The molecular weight excluding hydrogens is 1200 g/mol. The monoisotopic (exact) mass is 1290 g/mol. The first kappa shape index (κ1) is 60.0. The summed E-state index contributed by atoms with van der Waals surface area (Å²) in [4.78, 5) is 0. The molecule has 0 bridgehead atoms. The Balaban J connectivity index is 0.759. The summed E-state index contributed by atoms with van der Waals surface area (Å²) in [6.45, 7) is 0. The third-order valence-corrected chi connectivity index (χ3v) is 27.2. The fourth-order valence-electron chi connectivity index (χ4n) is 22.4. The topological polar surface area (TPSA) is 0 Å². The summed E-state index contributed by atoms with van der Waals surface area (Å²) in [6, 6.07) is 16.4. The van der Waals surface area contributed by atoms with Gasteiger partial charge in [0, 0.05) is 35.5 Å². The van der Waals surface area contributed by atoms with Gasteiger partial charge in [0.25, 0.3) is 0 Å². The number of hydrogen-bond donors (Lipinski definition) is 0. The van der Waals surface area contributed by atoms with Crippen LogP contribution in [0.1, 0.15) is 169 Å². The summed E-state index contributed by atoms with van der Waals surface area (Å²) in [7, 11) is 0. The van der Waals surface area contributed by atoms with Crippen molar-refractivity contribution in [1.29, 1.82) is 0 Å². The average Bonchev–Trinajstić information content (AvgIpc) is 0.700. The first-order valence-electron chi connectivity index (χ1n) is 39.4. The van der Waals surface area contributed by atoms with Crippen molar-refractivity contribution in [2.45, 2.75) is 154 Å². The second kappa shape index (κ2) is 24.5. The molecule has 0 radical (unpaired) electrons. The van der Waals surface area contributed by atoms with Crippen LogP contribution >= 0.6 is 0 Å². The lowest BCUT2D eigenvalue weighted by Crippen LogP contribution is -2.28. The second-order valence-electron chi connectivity index (χ2n) is 32.5. The Morgan fingerprint density at radius 2 is 0.930 bits per heavy atom. The van der Waals surface area contributed by atoms with Gasteiger partial charge in [0.2, 0.25) is 0 Å². The quantitative estimate of drug-likeness (QED) is 0.122. The molecule has 4 aromatic carbocycles. The first-order chi connectivity index (χ1) is 49.5. The molecule has 0 fully saturated rings. The minimum absolute atomic E-state index is 0.278. The van der Waals surface area contributed by atoms with Gasteiger partial charge in [0.05, 0.1) is 0 Å². The molecular formula is C100H92. The highest BCUT2D eigenvalue weighted by molar-refractivity contribution is 6.25. The molecule has 0 saturated carbocycles. The number of hydrogen-bond acceptors (Lipinski definition) is 0. The standard InChI is InChI=1S/C100H92/c1-5-21-65-49-69(37-33-61(65)17-1)79-41-45-83(91-29-13-9-25-87(79)91)73-53-77-54-74(84-46-42-80(88-26-10-14-30-92(84)88)70-38-34-62-18-2-6-22-66(62)50-70)59-97-98-60-76(86-48-44-82(90-28-12-16-32-94(86)90)72-40-36-64-20-4-8-24-68(64)52-72)56-78-55-75(58-96(100(78)98)95(57-73)99(77)97)85-47-43-81(89-27-11-15-31-93(85)89)71-39-35-63-19-3-7-23-67(63)51-71/h1,5-9,12,14-15,17,21-25,28,30-31,34-35,37-40,42-43,45,48-49,52-57,59-61,64,70-71,75,79,82,84-85H,2-4,10-11,13,16,18-20,26-27,29,32-33,36,41,44,46-47,50-51,58H2. The molecule has 0 saturated heterocycles. The molecule has 0 nitrogen and oxygen atoms in total. The highest BCUT2D eigenvalue weighted by atomic mass is 14.4. The lowest BCUT2D eigenvalue weighted by Gasteiger charge is -2.38. The molecule has 0 aliphatic heterocycles.